The average Bonchev–Trinajstić information content (AvgIpc) is 2.58. The Morgan fingerprint density at radius 3 is 0.844 bits per heavy atom. The Morgan fingerprint density at radius 1 is 0.531 bits per heavy atom. The highest BCUT2D eigenvalue weighted by molar-refractivity contribution is 7.97. The van der Waals surface area contributed by atoms with Gasteiger partial charge in [-0.25, -0.2) is 0 Å². The Bertz CT molecular complexity index is 967. The maximum atomic E-state index is 10.3. The second-order valence-corrected chi connectivity index (χ2v) is 7.85. The van der Waals surface area contributed by atoms with Gasteiger partial charge in [-0.3, -0.25) is 0 Å². The van der Waals surface area contributed by atoms with Crippen LogP contribution in [0, 0.1) is 0 Å². The third kappa shape index (κ3) is 4.96. The zero-order valence-corrected chi connectivity index (χ0v) is 16.5. The summed E-state index contributed by atoms with van der Waals surface area (Å²) >= 11 is 0. The summed E-state index contributed by atoms with van der Waals surface area (Å²) in [5.74, 6) is -5.46. The standard InChI is InChI=1S/C18H14O9S.CH2O3/c19-7-1-10(22)16(11(23)2-7)28(17-12(24)3-8(20)4-13(17)25)18-14(26)5-9(21)6-15(18)27;2-1(3)4/h1-6H,(H8-,19,20,21,22,23,24,25,26,27);(H2,2,3,4). The zero-order chi connectivity index (χ0) is 24.3. The molecule has 0 aliphatic heterocycles. The van der Waals surface area contributed by atoms with Gasteiger partial charge in [-0.05, 0) is 0 Å². The van der Waals surface area contributed by atoms with E-state index in [1.807, 2.05) is 0 Å². The molecule has 3 aromatic rings. The van der Waals surface area contributed by atoms with Gasteiger partial charge in [0.1, 0.15) is 28.1 Å². The van der Waals surface area contributed by atoms with E-state index in [1.54, 1.807) is 0 Å². The van der Waals surface area contributed by atoms with Crippen LogP contribution in [0.4, 0.5) is 4.79 Å². The number of rotatable bonds is 3. The van der Waals surface area contributed by atoms with Gasteiger partial charge in [-0.15, -0.1) is 0 Å². The third-order valence-corrected chi connectivity index (χ3v) is 6.20. The number of aromatic hydroxyl groups is 9. The van der Waals surface area contributed by atoms with Crippen LogP contribution in [-0.2, 0) is 10.9 Å². The highest BCUT2D eigenvalue weighted by Crippen LogP contribution is 2.53. The highest BCUT2D eigenvalue weighted by Gasteiger charge is 2.44. The predicted molar refractivity (Wildman–Crippen MR) is 104 cm³/mol. The third-order valence-electron chi connectivity index (χ3n) is 3.72. The van der Waals surface area contributed by atoms with Gasteiger partial charge in [0.25, 0.3) is 0 Å². The molecule has 0 heterocycles. The van der Waals surface area contributed by atoms with Crippen LogP contribution in [0.1, 0.15) is 0 Å². The minimum Gasteiger partial charge on any atom is -0.565 e. The molecule has 170 valence electrons. The van der Waals surface area contributed by atoms with Crippen LogP contribution in [0.15, 0.2) is 51.1 Å². The molecule has 0 radical (unpaired) electrons. The molecule has 0 atom stereocenters. The van der Waals surface area contributed by atoms with Gasteiger partial charge in [-0.2, -0.15) is 0 Å². The summed E-state index contributed by atoms with van der Waals surface area (Å²) in [5.41, 5.74) is 0. The Kier molecular flexibility index (Phi) is 6.75. The van der Waals surface area contributed by atoms with Gasteiger partial charge in [0, 0.05) is 36.4 Å². The number of hydrogen-bond acceptors (Lipinski definition) is 11. The van der Waals surface area contributed by atoms with E-state index in [0.717, 1.165) is 36.4 Å². The maximum absolute atomic E-state index is 10.3. The molecular formula is C19H16O12S. The Hall–Kier alpha value is -4.52. The van der Waals surface area contributed by atoms with Crippen LogP contribution in [-0.4, -0.2) is 57.2 Å². The van der Waals surface area contributed by atoms with Crippen molar-refractivity contribution in [3.05, 3.63) is 36.4 Å². The van der Waals surface area contributed by atoms with E-state index in [0.29, 0.717) is 0 Å². The maximum Gasteiger partial charge on any atom is 0.250 e. The molecule has 0 spiro atoms. The summed E-state index contributed by atoms with van der Waals surface area (Å²) in [6.45, 7) is 0. The second-order valence-electron chi connectivity index (χ2n) is 6.01. The van der Waals surface area contributed by atoms with Crippen LogP contribution in [0.5, 0.6) is 51.7 Å². The largest absolute Gasteiger partial charge is 0.565 e. The van der Waals surface area contributed by atoms with Crippen molar-refractivity contribution in [1.29, 1.82) is 0 Å². The van der Waals surface area contributed by atoms with Gasteiger partial charge in [0.05, 0.1) is 0 Å². The van der Waals surface area contributed by atoms with Gasteiger partial charge in [0.15, 0.2) is 34.5 Å². The van der Waals surface area contributed by atoms with Crippen molar-refractivity contribution < 1.29 is 61.0 Å². The number of carbonyl (C=O) groups is 1. The lowest BCUT2D eigenvalue weighted by molar-refractivity contribution is -0.275. The lowest BCUT2D eigenvalue weighted by Crippen LogP contribution is -2.17. The fourth-order valence-electron chi connectivity index (χ4n) is 2.69. The number of benzene rings is 3. The monoisotopic (exact) mass is 468 g/mol. The van der Waals surface area contributed by atoms with Gasteiger partial charge in [-0.1, -0.05) is 0 Å². The number of phenols is 9. The first-order valence-electron chi connectivity index (χ1n) is 8.22. The SMILES string of the molecule is O=C([O-])O.Oc1cc(O)c([S+](c2c(O)cc(O)cc2O)c2c(O)cc(O)cc2O)c(O)c1. The van der Waals surface area contributed by atoms with Crippen molar-refractivity contribution >= 4 is 17.1 Å². The molecule has 0 amide bonds. The van der Waals surface area contributed by atoms with E-state index in [1.165, 1.54) is 0 Å². The average molecular weight is 468 g/mol. The van der Waals surface area contributed by atoms with E-state index in [4.69, 9.17) is 15.0 Å². The van der Waals surface area contributed by atoms with E-state index in [9.17, 15) is 46.0 Å². The van der Waals surface area contributed by atoms with E-state index in [-0.39, 0.29) is 14.7 Å². The van der Waals surface area contributed by atoms with Crippen molar-refractivity contribution in [1.82, 2.24) is 0 Å². The minimum atomic E-state index is -2.08. The van der Waals surface area contributed by atoms with E-state index >= 15 is 0 Å². The Balaban J connectivity index is 0.000000837. The molecule has 3 rings (SSSR count). The summed E-state index contributed by atoms with van der Waals surface area (Å²) in [6.07, 6.45) is -2.08. The van der Waals surface area contributed by atoms with Gasteiger partial charge >= 0.3 is 0 Å². The molecule has 0 aromatic heterocycles. The zero-order valence-electron chi connectivity index (χ0n) is 15.7. The van der Waals surface area contributed by atoms with Crippen LogP contribution >= 0.6 is 0 Å². The molecule has 0 unspecified atom stereocenters. The number of carboxylic acid groups (broad SMARTS) is 2. The molecule has 0 bridgehead atoms. The van der Waals surface area contributed by atoms with E-state index in [2.05, 4.69) is 0 Å². The quantitative estimate of drug-likeness (QED) is 0.242. The summed E-state index contributed by atoms with van der Waals surface area (Å²) < 4.78 is 0. The van der Waals surface area contributed by atoms with Crippen molar-refractivity contribution in [2.24, 2.45) is 0 Å². The summed E-state index contributed by atoms with van der Waals surface area (Å²) in [6, 6.07) is 5.24. The highest BCUT2D eigenvalue weighted by atomic mass is 32.2. The smallest absolute Gasteiger partial charge is 0.250 e. The molecule has 32 heavy (non-hydrogen) atoms. The summed E-state index contributed by atoms with van der Waals surface area (Å²) in [7, 11) is -1.94. The van der Waals surface area contributed by atoms with E-state index < -0.39 is 68.8 Å². The minimum absolute atomic E-state index is 0.356. The van der Waals surface area contributed by atoms with Crippen LogP contribution in [0.2, 0.25) is 0 Å². The molecule has 10 N–H and O–H groups in total. The molecule has 3 aromatic carbocycles. The normalized spacial score (nSPS) is 10.4. The number of hydrogen-bond donors (Lipinski definition) is 10. The van der Waals surface area contributed by atoms with Crippen LogP contribution in [0.25, 0.3) is 0 Å². The lowest BCUT2D eigenvalue weighted by atomic mass is 10.3. The fourth-order valence-corrected chi connectivity index (χ4v) is 4.91. The number of phenolic OH excluding ortho intramolecular Hbond substituents is 9. The summed E-state index contributed by atoms with van der Waals surface area (Å²) in [5, 5.41) is 106. The second kappa shape index (κ2) is 9.09. The van der Waals surface area contributed by atoms with Gasteiger partial charge < -0.3 is 61.0 Å². The van der Waals surface area contributed by atoms with Crippen LogP contribution in [0.3, 0.4) is 0 Å². The molecule has 12 nitrogen and oxygen atoms in total. The Morgan fingerprint density at radius 2 is 0.688 bits per heavy atom. The molecule has 0 fully saturated rings. The first-order chi connectivity index (χ1) is 14.8. The molecule has 13 heteroatoms. The van der Waals surface area contributed by atoms with Crippen molar-refractivity contribution in [3.63, 3.8) is 0 Å². The summed E-state index contributed by atoms with van der Waals surface area (Å²) in [4.78, 5) is 7.38. The molecular weight excluding hydrogens is 452 g/mol. The fraction of sp³-hybridized carbons (Fsp3) is 0. The topological polar surface area (TPSA) is 242 Å². The molecule has 0 saturated carbocycles. The first kappa shape index (κ1) is 23.8. The Labute approximate surface area is 181 Å². The predicted octanol–water partition coefficient (Wildman–Crippen LogP) is 1.02. The molecule has 0 aliphatic rings. The van der Waals surface area contributed by atoms with Crippen molar-refractivity contribution in [3.8, 4) is 51.7 Å². The first-order valence-corrected chi connectivity index (χ1v) is 9.45. The van der Waals surface area contributed by atoms with Crippen molar-refractivity contribution in [2.45, 2.75) is 14.7 Å². The van der Waals surface area contributed by atoms with Crippen LogP contribution < -0.4 is 5.11 Å². The molecule has 0 aliphatic carbocycles. The lowest BCUT2D eigenvalue weighted by Gasteiger charge is -2.15. The van der Waals surface area contributed by atoms with Gasteiger partial charge in [0.2, 0.25) is 20.8 Å². The van der Waals surface area contributed by atoms with Crippen molar-refractivity contribution in [2.75, 3.05) is 0 Å². The molecule has 0 saturated heterocycles.